The minimum Gasteiger partial charge on any atom is -0.455 e. The fraction of sp³-hybridized carbons (Fsp3) is 0.0909. The monoisotopic (exact) mass is 405 g/mol. The summed E-state index contributed by atoms with van der Waals surface area (Å²) in [5.74, 6) is 0.0298. The highest BCUT2D eigenvalue weighted by molar-refractivity contribution is 6.00. The summed E-state index contributed by atoms with van der Waals surface area (Å²) in [6.45, 7) is 1.28. The van der Waals surface area contributed by atoms with Gasteiger partial charge in [-0.1, -0.05) is 36.4 Å². The number of nitro benzene ring substituents is 1. The van der Waals surface area contributed by atoms with E-state index in [0.717, 1.165) is 0 Å². The zero-order valence-corrected chi connectivity index (χ0v) is 16.1. The zero-order valence-electron chi connectivity index (χ0n) is 16.1. The Morgan fingerprint density at radius 2 is 1.70 bits per heavy atom. The van der Waals surface area contributed by atoms with E-state index in [-0.39, 0.29) is 17.8 Å². The van der Waals surface area contributed by atoms with Gasteiger partial charge in [-0.3, -0.25) is 19.7 Å². The van der Waals surface area contributed by atoms with Crippen molar-refractivity contribution in [2.45, 2.75) is 6.92 Å². The first kappa shape index (κ1) is 20.5. The van der Waals surface area contributed by atoms with Gasteiger partial charge in [-0.15, -0.1) is 0 Å². The summed E-state index contributed by atoms with van der Waals surface area (Å²) in [5.41, 5.74) is 0.850. The van der Waals surface area contributed by atoms with Crippen LogP contribution >= 0.6 is 0 Å². The van der Waals surface area contributed by atoms with Crippen LogP contribution in [0, 0.1) is 17.0 Å². The molecule has 0 atom stereocenters. The smallest absolute Gasteiger partial charge is 0.273 e. The lowest BCUT2D eigenvalue weighted by Crippen LogP contribution is -2.33. The number of amides is 2. The largest absolute Gasteiger partial charge is 0.455 e. The topological polar surface area (TPSA) is 111 Å². The number of aryl methyl sites for hydroxylation is 1. The van der Waals surface area contributed by atoms with Crippen molar-refractivity contribution in [3.63, 3.8) is 0 Å². The van der Waals surface area contributed by atoms with Gasteiger partial charge < -0.3 is 15.4 Å². The van der Waals surface area contributed by atoms with Gasteiger partial charge in [-0.25, -0.2) is 0 Å². The molecule has 0 aliphatic rings. The van der Waals surface area contributed by atoms with Crippen LogP contribution in [0.25, 0.3) is 0 Å². The summed E-state index contributed by atoms with van der Waals surface area (Å²) in [7, 11) is 0. The van der Waals surface area contributed by atoms with E-state index in [9.17, 15) is 19.7 Å². The lowest BCUT2D eigenvalue weighted by atomic mass is 10.1. The number of carbonyl (C=O) groups excluding carboxylic acids is 2. The molecular weight excluding hydrogens is 386 g/mol. The number of nitrogens with one attached hydrogen (secondary N) is 2. The Morgan fingerprint density at radius 3 is 2.43 bits per heavy atom. The fourth-order valence-corrected chi connectivity index (χ4v) is 2.68. The van der Waals surface area contributed by atoms with E-state index in [2.05, 4.69) is 10.6 Å². The SMILES string of the molecule is Cc1ccc(C(=O)NCC(=O)Nc2ccccc2Oc2ccccc2)cc1[N+](=O)[O-]. The first-order valence-corrected chi connectivity index (χ1v) is 9.09. The minimum absolute atomic E-state index is 0.105. The molecule has 0 heterocycles. The molecule has 3 rings (SSSR count). The van der Waals surface area contributed by atoms with Crippen molar-refractivity contribution in [3.05, 3.63) is 94.0 Å². The molecule has 3 aromatic rings. The van der Waals surface area contributed by atoms with Crippen LogP contribution in [-0.4, -0.2) is 23.3 Å². The standard InChI is InChI=1S/C22H19N3O5/c1-15-11-12-16(13-19(15)25(28)29)22(27)23-14-21(26)24-18-9-5-6-10-20(18)30-17-7-3-2-4-8-17/h2-13H,14H2,1H3,(H,23,27)(H,24,26). The van der Waals surface area contributed by atoms with Crippen molar-refractivity contribution in [3.8, 4) is 11.5 Å². The van der Waals surface area contributed by atoms with Crippen molar-refractivity contribution < 1.29 is 19.2 Å². The van der Waals surface area contributed by atoms with Gasteiger partial charge in [0.25, 0.3) is 11.6 Å². The van der Waals surface area contributed by atoms with E-state index in [1.807, 2.05) is 18.2 Å². The number of anilines is 1. The minimum atomic E-state index is -0.581. The summed E-state index contributed by atoms with van der Waals surface area (Å²) in [6.07, 6.45) is 0. The second-order valence-electron chi connectivity index (χ2n) is 6.40. The Hall–Kier alpha value is -4.20. The highest BCUT2D eigenvalue weighted by Gasteiger charge is 2.16. The maximum atomic E-state index is 12.3. The predicted molar refractivity (Wildman–Crippen MR) is 112 cm³/mol. The average molecular weight is 405 g/mol. The second kappa shape index (κ2) is 9.33. The molecule has 0 bridgehead atoms. The number of nitro groups is 1. The van der Waals surface area contributed by atoms with E-state index >= 15 is 0 Å². The molecule has 0 fully saturated rings. The Labute approximate surface area is 172 Å². The van der Waals surface area contributed by atoms with E-state index in [1.165, 1.54) is 18.2 Å². The van der Waals surface area contributed by atoms with Gasteiger partial charge in [-0.2, -0.15) is 0 Å². The summed E-state index contributed by atoms with van der Waals surface area (Å²) < 4.78 is 5.79. The normalized spacial score (nSPS) is 10.2. The molecule has 0 spiro atoms. The van der Waals surface area contributed by atoms with Crippen LogP contribution in [0.15, 0.2) is 72.8 Å². The number of nitrogens with zero attached hydrogens (tertiary/aromatic N) is 1. The lowest BCUT2D eigenvalue weighted by Gasteiger charge is -2.12. The summed E-state index contributed by atoms with van der Waals surface area (Å²) in [6, 6.07) is 20.2. The molecule has 0 aliphatic carbocycles. The van der Waals surface area contributed by atoms with Gasteiger partial charge in [-0.05, 0) is 37.3 Å². The van der Waals surface area contributed by atoms with E-state index in [1.54, 1.807) is 43.3 Å². The van der Waals surface area contributed by atoms with Crippen LogP contribution in [0.4, 0.5) is 11.4 Å². The third-order valence-electron chi connectivity index (χ3n) is 4.21. The number of hydrogen-bond acceptors (Lipinski definition) is 5. The summed E-state index contributed by atoms with van der Waals surface area (Å²) >= 11 is 0. The van der Waals surface area contributed by atoms with E-state index < -0.39 is 16.7 Å². The summed E-state index contributed by atoms with van der Waals surface area (Å²) in [5, 5.41) is 16.2. The molecule has 8 heteroatoms. The van der Waals surface area contributed by atoms with E-state index in [4.69, 9.17) is 4.74 Å². The number of benzene rings is 3. The zero-order chi connectivity index (χ0) is 21.5. The molecule has 0 radical (unpaired) electrons. The lowest BCUT2D eigenvalue weighted by molar-refractivity contribution is -0.385. The number of rotatable bonds is 7. The highest BCUT2D eigenvalue weighted by atomic mass is 16.6. The van der Waals surface area contributed by atoms with Gasteiger partial charge in [0.05, 0.1) is 17.2 Å². The van der Waals surface area contributed by atoms with Crippen LogP contribution in [0.3, 0.4) is 0 Å². The molecule has 152 valence electrons. The Morgan fingerprint density at radius 1 is 1.00 bits per heavy atom. The van der Waals surface area contributed by atoms with Gasteiger partial charge in [0.2, 0.25) is 5.91 Å². The molecule has 3 aromatic carbocycles. The second-order valence-corrected chi connectivity index (χ2v) is 6.40. The molecule has 8 nitrogen and oxygen atoms in total. The number of para-hydroxylation sites is 3. The quantitative estimate of drug-likeness (QED) is 0.455. The maximum Gasteiger partial charge on any atom is 0.273 e. The molecule has 0 saturated heterocycles. The molecule has 0 unspecified atom stereocenters. The van der Waals surface area contributed by atoms with Gasteiger partial charge in [0.1, 0.15) is 5.75 Å². The Bertz CT molecular complexity index is 1080. The molecular formula is C22H19N3O5. The molecule has 0 aliphatic heterocycles. The van der Waals surface area contributed by atoms with Crippen molar-refractivity contribution in [2.24, 2.45) is 0 Å². The highest BCUT2D eigenvalue weighted by Crippen LogP contribution is 2.29. The average Bonchev–Trinajstić information content (AvgIpc) is 2.74. The first-order chi connectivity index (χ1) is 14.4. The Balaban J connectivity index is 1.62. The van der Waals surface area contributed by atoms with Crippen LogP contribution in [0.2, 0.25) is 0 Å². The van der Waals surface area contributed by atoms with Gasteiger partial charge >= 0.3 is 0 Å². The van der Waals surface area contributed by atoms with Crippen LogP contribution in [0.1, 0.15) is 15.9 Å². The number of ether oxygens (including phenoxy) is 1. The molecule has 30 heavy (non-hydrogen) atoms. The van der Waals surface area contributed by atoms with E-state index in [0.29, 0.717) is 22.7 Å². The fourth-order valence-electron chi connectivity index (χ4n) is 2.68. The van der Waals surface area contributed by atoms with Crippen LogP contribution < -0.4 is 15.4 Å². The molecule has 0 saturated carbocycles. The maximum absolute atomic E-state index is 12.3. The van der Waals surface area contributed by atoms with Crippen LogP contribution in [0.5, 0.6) is 11.5 Å². The van der Waals surface area contributed by atoms with Crippen molar-refractivity contribution in [2.75, 3.05) is 11.9 Å². The third-order valence-corrected chi connectivity index (χ3v) is 4.21. The Kier molecular flexibility index (Phi) is 6.39. The third kappa shape index (κ3) is 5.20. The van der Waals surface area contributed by atoms with Crippen molar-refractivity contribution in [1.82, 2.24) is 5.32 Å². The van der Waals surface area contributed by atoms with Crippen molar-refractivity contribution >= 4 is 23.2 Å². The van der Waals surface area contributed by atoms with Gasteiger partial charge in [0, 0.05) is 17.2 Å². The number of carbonyl (C=O) groups is 2. The van der Waals surface area contributed by atoms with Gasteiger partial charge in [0.15, 0.2) is 5.75 Å². The number of hydrogen-bond donors (Lipinski definition) is 2. The first-order valence-electron chi connectivity index (χ1n) is 9.09. The van der Waals surface area contributed by atoms with Crippen LogP contribution in [-0.2, 0) is 4.79 Å². The summed E-state index contributed by atoms with van der Waals surface area (Å²) in [4.78, 5) is 35.0. The predicted octanol–water partition coefficient (Wildman–Crippen LogP) is 4.06. The molecule has 0 aromatic heterocycles. The van der Waals surface area contributed by atoms with Crippen molar-refractivity contribution in [1.29, 1.82) is 0 Å². The molecule has 2 amide bonds. The molecule has 2 N–H and O–H groups in total.